The number of likely N-dealkylation sites (N-methyl/N-ethyl adjacent to an activating group) is 1. The molecule has 4 nitrogen and oxygen atoms in total. The Labute approximate surface area is 123 Å². The minimum absolute atomic E-state index is 0.419. The van der Waals surface area contributed by atoms with Gasteiger partial charge in [0, 0.05) is 25.0 Å². The molecule has 1 aliphatic rings. The van der Waals surface area contributed by atoms with Crippen LogP contribution in [-0.2, 0) is 0 Å². The van der Waals surface area contributed by atoms with E-state index in [0.717, 1.165) is 18.2 Å². The van der Waals surface area contributed by atoms with Crippen LogP contribution in [0, 0.1) is 0 Å². The lowest BCUT2D eigenvalue weighted by atomic mass is 10.2. The lowest BCUT2D eigenvalue weighted by Gasteiger charge is -2.33. The van der Waals surface area contributed by atoms with Gasteiger partial charge in [-0.3, -0.25) is 0 Å². The minimum atomic E-state index is 0.419. The summed E-state index contributed by atoms with van der Waals surface area (Å²) in [5, 5.41) is 0. The van der Waals surface area contributed by atoms with E-state index in [0.29, 0.717) is 6.04 Å². The predicted octanol–water partition coefficient (Wildman–Crippen LogP) is 3.03. The van der Waals surface area contributed by atoms with Gasteiger partial charge in [0.2, 0.25) is 0 Å². The molecule has 2 aromatic rings. The molecular weight excluding hydrogens is 268 g/mol. The number of nitrogens with zero attached hydrogens (tertiary/aromatic N) is 4. The zero-order valence-corrected chi connectivity index (χ0v) is 12.8. The van der Waals surface area contributed by atoms with Crippen molar-refractivity contribution >= 4 is 23.4 Å². The second-order valence-corrected chi connectivity index (χ2v) is 6.26. The highest BCUT2D eigenvalue weighted by Crippen LogP contribution is 2.45. The van der Waals surface area contributed by atoms with Crippen LogP contribution >= 0.6 is 11.8 Å². The summed E-state index contributed by atoms with van der Waals surface area (Å²) in [7, 11) is 4.20. The lowest BCUT2D eigenvalue weighted by Crippen LogP contribution is -2.38. The molecule has 0 amide bonds. The zero-order chi connectivity index (χ0) is 14.1. The molecule has 0 saturated carbocycles. The summed E-state index contributed by atoms with van der Waals surface area (Å²) in [6, 6.07) is 8.64. The average Bonchev–Trinajstić information content (AvgIpc) is 2.46. The summed E-state index contributed by atoms with van der Waals surface area (Å²) in [6.45, 7) is 3.09. The molecule has 5 heteroatoms. The van der Waals surface area contributed by atoms with E-state index in [1.165, 1.54) is 9.79 Å². The number of aromatic nitrogens is 2. The third kappa shape index (κ3) is 2.39. The molecule has 1 atom stereocenters. The Morgan fingerprint density at radius 1 is 1.10 bits per heavy atom. The highest BCUT2D eigenvalue weighted by molar-refractivity contribution is 7.99. The summed E-state index contributed by atoms with van der Waals surface area (Å²) in [6.07, 6.45) is 3.70. The van der Waals surface area contributed by atoms with Crippen molar-refractivity contribution in [1.82, 2.24) is 14.9 Å². The molecule has 0 fully saturated rings. The fraction of sp³-hybridized carbons (Fsp3) is 0.333. The van der Waals surface area contributed by atoms with Gasteiger partial charge in [0.1, 0.15) is 11.6 Å². The van der Waals surface area contributed by atoms with E-state index in [4.69, 9.17) is 0 Å². The molecule has 104 valence electrons. The third-order valence-corrected chi connectivity index (χ3v) is 4.64. The van der Waals surface area contributed by atoms with Gasteiger partial charge in [0.05, 0.1) is 9.79 Å². The van der Waals surface area contributed by atoms with Gasteiger partial charge in [0.25, 0.3) is 0 Å². The van der Waals surface area contributed by atoms with Gasteiger partial charge in [0.15, 0.2) is 0 Å². The second kappa shape index (κ2) is 5.42. The summed E-state index contributed by atoms with van der Waals surface area (Å²) in [5.41, 5.74) is 0. The van der Waals surface area contributed by atoms with Crippen molar-refractivity contribution in [3.05, 3.63) is 36.7 Å². The number of anilines is 2. The largest absolute Gasteiger partial charge is 0.308 e. The van der Waals surface area contributed by atoms with E-state index in [1.807, 2.05) is 24.5 Å². The molecule has 1 unspecified atom stereocenters. The van der Waals surface area contributed by atoms with Crippen LogP contribution < -0.4 is 4.90 Å². The molecule has 1 aliphatic heterocycles. The van der Waals surface area contributed by atoms with Crippen molar-refractivity contribution in [2.75, 3.05) is 25.5 Å². The molecule has 0 aromatic carbocycles. The summed E-state index contributed by atoms with van der Waals surface area (Å²) in [4.78, 5) is 15.9. The molecule has 0 spiro atoms. The van der Waals surface area contributed by atoms with Gasteiger partial charge in [-0.2, -0.15) is 0 Å². The Morgan fingerprint density at radius 3 is 2.15 bits per heavy atom. The first-order chi connectivity index (χ1) is 9.66. The number of fused-ring (bicyclic) bond motifs is 2. The zero-order valence-electron chi connectivity index (χ0n) is 11.9. The van der Waals surface area contributed by atoms with E-state index in [2.05, 4.69) is 52.9 Å². The van der Waals surface area contributed by atoms with Crippen LogP contribution in [0.4, 0.5) is 11.6 Å². The fourth-order valence-electron chi connectivity index (χ4n) is 2.15. The molecule has 3 heterocycles. The van der Waals surface area contributed by atoms with Crippen molar-refractivity contribution in [3.63, 3.8) is 0 Å². The van der Waals surface area contributed by atoms with Crippen molar-refractivity contribution in [2.45, 2.75) is 22.8 Å². The van der Waals surface area contributed by atoms with Crippen LogP contribution in [0.25, 0.3) is 0 Å². The Hall–Kier alpha value is -1.59. The van der Waals surface area contributed by atoms with Gasteiger partial charge in [-0.25, -0.2) is 9.97 Å². The Bertz CT molecular complexity index is 569. The standard InChI is InChI=1S/C15H18N4S/c1-11(18(2)3)10-19-14-12(6-4-8-16-14)20-13-7-5-9-17-15(13)19/h4-9,11H,10H2,1-3H3. The Morgan fingerprint density at radius 2 is 1.65 bits per heavy atom. The van der Waals surface area contributed by atoms with Crippen LogP contribution in [-0.4, -0.2) is 41.5 Å². The molecule has 0 aliphatic carbocycles. The van der Waals surface area contributed by atoms with Gasteiger partial charge >= 0.3 is 0 Å². The topological polar surface area (TPSA) is 32.3 Å². The molecule has 0 saturated heterocycles. The van der Waals surface area contributed by atoms with E-state index < -0.39 is 0 Å². The van der Waals surface area contributed by atoms with Gasteiger partial charge in [-0.1, -0.05) is 11.8 Å². The van der Waals surface area contributed by atoms with Crippen molar-refractivity contribution in [2.24, 2.45) is 0 Å². The highest BCUT2D eigenvalue weighted by Gasteiger charge is 2.26. The van der Waals surface area contributed by atoms with E-state index in [9.17, 15) is 0 Å². The number of hydrogen-bond acceptors (Lipinski definition) is 5. The van der Waals surface area contributed by atoms with Crippen molar-refractivity contribution < 1.29 is 0 Å². The normalized spacial score (nSPS) is 14.9. The first-order valence-corrected chi connectivity index (χ1v) is 7.50. The van der Waals surface area contributed by atoms with Gasteiger partial charge < -0.3 is 9.80 Å². The van der Waals surface area contributed by atoms with Crippen LogP contribution in [0.1, 0.15) is 6.92 Å². The minimum Gasteiger partial charge on any atom is -0.308 e. The predicted molar refractivity (Wildman–Crippen MR) is 82.8 cm³/mol. The quantitative estimate of drug-likeness (QED) is 0.866. The number of hydrogen-bond donors (Lipinski definition) is 0. The maximum absolute atomic E-state index is 4.56. The molecule has 2 aromatic heterocycles. The Kier molecular flexibility index (Phi) is 3.63. The summed E-state index contributed by atoms with van der Waals surface area (Å²) < 4.78 is 0. The molecule has 0 N–H and O–H groups in total. The van der Waals surface area contributed by atoms with E-state index >= 15 is 0 Å². The van der Waals surface area contributed by atoms with Crippen LogP contribution in [0.3, 0.4) is 0 Å². The third-order valence-electron chi connectivity index (χ3n) is 3.56. The maximum atomic E-state index is 4.56. The smallest absolute Gasteiger partial charge is 0.148 e. The first-order valence-electron chi connectivity index (χ1n) is 6.68. The molecular formula is C15H18N4S. The molecule has 0 radical (unpaired) electrons. The maximum Gasteiger partial charge on any atom is 0.148 e. The number of pyridine rings is 2. The molecule has 3 rings (SSSR count). The molecule has 0 bridgehead atoms. The first kappa shape index (κ1) is 13.4. The fourth-order valence-corrected chi connectivity index (χ4v) is 3.19. The SMILES string of the molecule is CC(CN1c2ncccc2Sc2cccnc21)N(C)C. The van der Waals surface area contributed by atoms with Gasteiger partial charge in [-0.05, 0) is 45.3 Å². The highest BCUT2D eigenvalue weighted by atomic mass is 32.2. The van der Waals surface area contributed by atoms with E-state index in [1.54, 1.807) is 11.8 Å². The van der Waals surface area contributed by atoms with Crippen LogP contribution in [0.5, 0.6) is 0 Å². The number of rotatable bonds is 3. The summed E-state index contributed by atoms with van der Waals surface area (Å²) >= 11 is 1.74. The van der Waals surface area contributed by atoms with Crippen LogP contribution in [0.15, 0.2) is 46.5 Å². The van der Waals surface area contributed by atoms with Crippen molar-refractivity contribution in [3.8, 4) is 0 Å². The molecule has 20 heavy (non-hydrogen) atoms. The van der Waals surface area contributed by atoms with E-state index in [-0.39, 0.29) is 0 Å². The monoisotopic (exact) mass is 286 g/mol. The van der Waals surface area contributed by atoms with Gasteiger partial charge in [-0.15, -0.1) is 0 Å². The second-order valence-electron chi connectivity index (χ2n) is 5.18. The lowest BCUT2D eigenvalue weighted by molar-refractivity contribution is 0.318. The Balaban J connectivity index is 2.03. The average molecular weight is 286 g/mol. The van der Waals surface area contributed by atoms with Crippen molar-refractivity contribution in [1.29, 1.82) is 0 Å². The van der Waals surface area contributed by atoms with Crippen LogP contribution in [0.2, 0.25) is 0 Å². The summed E-state index contributed by atoms with van der Waals surface area (Å²) in [5.74, 6) is 2.02.